The number of pyridine rings is 1. The summed E-state index contributed by atoms with van der Waals surface area (Å²) in [5, 5.41) is 11.5. The zero-order valence-corrected chi connectivity index (χ0v) is 18.7. The molecule has 0 aliphatic carbocycles. The monoisotopic (exact) mass is 461 g/mol. The van der Waals surface area contributed by atoms with Crippen molar-refractivity contribution < 1.29 is 23.1 Å². The summed E-state index contributed by atoms with van der Waals surface area (Å²) in [7, 11) is -3.78. The fourth-order valence-corrected chi connectivity index (χ4v) is 3.82. The first kappa shape index (κ1) is 23.7. The highest BCUT2D eigenvalue weighted by molar-refractivity contribution is 7.90. The van der Waals surface area contributed by atoms with E-state index in [4.69, 9.17) is 9.84 Å². The summed E-state index contributed by atoms with van der Waals surface area (Å²) in [4.78, 5) is 16.8. The zero-order chi connectivity index (χ0) is 23.1. The fourth-order valence-electron chi connectivity index (χ4n) is 2.96. The van der Waals surface area contributed by atoms with Gasteiger partial charge in [-0.05, 0) is 38.1 Å². The molecule has 0 aliphatic rings. The molecular formula is C21H27N5O5S. The Hall–Kier alpha value is -2.99. The van der Waals surface area contributed by atoms with Gasteiger partial charge >= 0.3 is 0 Å². The minimum atomic E-state index is -3.78. The molecule has 172 valence electrons. The van der Waals surface area contributed by atoms with Gasteiger partial charge in [-0.2, -0.15) is 13.1 Å². The Bertz CT molecular complexity index is 1180. The second-order valence-electron chi connectivity index (χ2n) is 7.35. The molecule has 3 aromatic rings. The highest BCUT2D eigenvalue weighted by Crippen LogP contribution is 2.23. The van der Waals surface area contributed by atoms with Gasteiger partial charge in [0.2, 0.25) is 0 Å². The molecule has 0 atom stereocenters. The average molecular weight is 462 g/mol. The van der Waals surface area contributed by atoms with E-state index in [0.717, 1.165) is 0 Å². The number of amides is 1. The lowest BCUT2D eigenvalue weighted by atomic mass is 10.1. The predicted octanol–water partition coefficient (Wildman–Crippen LogP) is 1.39. The molecule has 3 rings (SSSR count). The van der Waals surface area contributed by atoms with Crippen molar-refractivity contribution in [2.45, 2.75) is 19.9 Å². The van der Waals surface area contributed by atoms with Crippen molar-refractivity contribution in [3.8, 4) is 11.3 Å². The van der Waals surface area contributed by atoms with E-state index in [9.17, 15) is 13.2 Å². The number of aliphatic hydroxyl groups excluding tert-OH is 1. The van der Waals surface area contributed by atoms with Gasteiger partial charge in [-0.25, -0.2) is 4.98 Å². The van der Waals surface area contributed by atoms with Crippen molar-refractivity contribution in [1.29, 1.82) is 0 Å². The number of carbonyl (C=O) groups is 1. The van der Waals surface area contributed by atoms with Gasteiger partial charge < -0.3 is 19.6 Å². The minimum absolute atomic E-state index is 0.0330. The highest BCUT2D eigenvalue weighted by atomic mass is 32.2. The fraction of sp³-hybridized carbons (Fsp3) is 0.333. The lowest BCUT2D eigenvalue weighted by Gasteiger charge is -2.10. The van der Waals surface area contributed by atoms with E-state index in [1.54, 1.807) is 47.1 Å². The summed E-state index contributed by atoms with van der Waals surface area (Å²) >= 11 is 0. The Balaban J connectivity index is 1.73. The number of aliphatic hydroxyl groups is 1. The van der Waals surface area contributed by atoms with Gasteiger partial charge in [0, 0.05) is 30.5 Å². The third-order valence-electron chi connectivity index (χ3n) is 4.32. The Morgan fingerprint density at radius 1 is 1.19 bits per heavy atom. The van der Waals surface area contributed by atoms with E-state index in [2.05, 4.69) is 19.7 Å². The number of nitrogens with zero attached hydrogens (tertiary/aromatic N) is 2. The first-order chi connectivity index (χ1) is 15.3. The van der Waals surface area contributed by atoms with Gasteiger partial charge in [-0.1, -0.05) is 12.1 Å². The molecule has 1 aromatic carbocycles. The van der Waals surface area contributed by atoms with Crippen LogP contribution in [0.5, 0.6) is 0 Å². The van der Waals surface area contributed by atoms with Gasteiger partial charge in [0.25, 0.3) is 16.1 Å². The standard InChI is InChI=1S/C21H27N5O5S/c1-15(2)23-21(28)17-6-7-20-24-19(14-26(20)13-17)16-4-3-5-18(12-16)25-32(29,30)22-8-10-31-11-9-27/h3-7,12-15,22,25,27H,8-11H2,1-2H3,(H,23,28). The third-order valence-corrected chi connectivity index (χ3v) is 5.41. The van der Waals surface area contributed by atoms with Crippen LogP contribution in [0.1, 0.15) is 24.2 Å². The SMILES string of the molecule is CC(C)NC(=O)c1ccc2nc(-c3cccc(NS(=O)(=O)NCCOCCO)c3)cn2c1. The van der Waals surface area contributed by atoms with Crippen molar-refractivity contribution in [1.82, 2.24) is 19.4 Å². The Labute approximate surface area is 186 Å². The maximum absolute atomic E-state index is 12.2. The molecule has 0 saturated heterocycles. The zero-order valence-electron chi connectivity index (χ0n) is 17.9. The highest BCUT2D eigenvalue weighted by Gasteiger charge is 2.12. The number of anilines is 1. The van der Waals surface area contributed by atoms with Gasteiger partial charge in [0.1, 0.15) is 5.65 Å². The molecule has 0 fully saturated rings. The molecule has 32 heavy (non-hydrogen) atoms. The van der Waals surface area contributed by atoms with Crippen LogP contribution in [0.25, 0.3) is 16.9 Å². The molecule has 0 saturated carbocycles. The number of aromatic nitrogens is 2. The third kappa shape index (κ3) is 6.50. The van der Waals surface area contributed by atoms with Gasteiger partial charge in [-0.3, -0.25) is 9.52 Å². The normalized spacial score (nSPS) is 11.8. The number of hydrogen-bond acceptors (Lipinski definition) is 6. The van der Waals surface area contributed by atoms with Crippen LogP contribution in [-0.4, -0.2) is 61.2 Å². The van der Waals surface area contributed by atoms with E-state index >= 15 is 0 Å². The number of rotatable bonds is 11. The summed E-state index contributed by atoms with van der Waals surface area (Å²) in [6.45, 7) is 4.06. The van der Waals surface area contributed by atoms with Crippen molar-refractivity contribution >= 4 is 27.5 Å². The lowest BCUT2D eigenvalue weighted by Crippen LogP contribution is -2.32. The van der Waals surface area contributed by atoms with Crippen molar-refractivity contribution in [3.05, 3.63) is 54.4 Å². The smallest absolute Gasteiger partial charge is 0.299 e. The van der Waals surface area contributed by atoms with Crippen LogP contribution >= 0.6 is 0 Å². The van der Waals surface area contributed by atoms with E-state index < -0.39 is 10.2 Å². The molecule has 0 bridgehead atoms. The molecule has 11 heteroatoms. The Kier molecular flexibility index (Phi) is 7.80. The largest absolute Gasteiger partial charge is 0.394 e. The second kappa shape index (κ2) is 10.6. The first-order valence-electron chi connectivity index (χ1n) is 10.1. The molecule has 0 spiro atoms. The average Bonchev–Trinajstić information content (AvgIpc) is 3.16. The van der Waals surface area contributed by atoms with Crippen LogP contribution in [0.2, 0.25) is 0 Å². The van der Waals surface area contributed by atoms with Crippen LogP contribution in [0.3, 0.4) is 0 Å². The molecule has 0 aliphatic heterocycles. The van der Waals surface area contributed by atoms with Gasteiger partial charge in [-0.15, -0.1) is 0 Å². The molecular weight excluding hydrogens is 434 g/mol. The van der Waals surface area contributed by atoms with Crippen LogP contribution in [0.4, 0.5) is 5.69 Å². The van der Waals surface area contributed by atoms with E-state index in [1.165, 1.54) is 0 Å². The number of ether oxygens (including phenoxy) is 1. The summed E-state index contributed by atoms with van der Waals surface area (Å²) < 4.78 is 36.1. The summed E-state index contributed by atoms with van der Waals surface area (Å²) in [6.07, 6.45) is 3.49. The van der Waals surface area contributed by atoms with Crippen molar-refractivity contribution in [2.75, 3.05) is 31.1 Å². The maximum atomic E-state index is 12.2. The van der Waals surface area contributed by atoms with Crippen LogP contribution < -0.4 is 14.8 Å². The maximum Gasteiger partial charge on any atom is 0.299 e. The molecule has 2 aromatic heterocycles. The lowest BCUT2D eigenvalue weighted by molar-refractivity contribution is 0.0942. The predicted molar refractivity (Wildman–Crippen MR) is 122 cm³/mol. The molecule has 1 amide bonds. The number of imidazole rings is 1. The quantitative estimate of drug-likeness (QED) is 0.319. The van der Waals surface area contributed by atoms with Crippen molar-refractivity contribution in [2.24, 2.45) is 0 Å². The number of carbonyl (C=O) groups excluding carboxylic acids is 1. The molecule has 0 unspecified atom stereocenters. The summed E-state index contributed by atoms with van der Waals surface area (Å²) in [6, 6.07) is 10.4. The molecule has 4 N–H and O–H groups in total. The van der Waals surface area contributed by atoms with Crippen LogP contribution in [0, 0.1) is 0 Å². The molecule has 10 nitrogen and oxygen atoms in total. The van der Waals surface area contributed by atoms with Gasteiger partial charge in [0.15, 0.2) is 0 Å². The number of fused-ring (bicyclic) bond motifs is 1. The topological polar surface area (TPSA) is 134 Å². The number of hydrogen-bond donors (Lipinski definition) is 4. The molecule has 2 heterocycles. The van der Waals surface area contributed by atoms with Crippen molar-refractivity contribution in [3.63, 3.8) is 0 Å². The second-order valence-corrected chi connectivity index (χ2v) is 8.85. The molecule has 0 radical (unpaired) electrons. The summed E-state index contributed by atoms with van der Waals surface area (Å²) in [5.74, 6) is -0.164. The van der Waals surface area contributed by atoms with E-state index in [0.29, 0.717) is 28.2 Å². The van der Waals surface area contributed by atoms with Crippen LogP contribution in [-0.2, 0) is 14.9 Å². The van der Waals surface area contributed by atoms with E-state index in [1.807, 2.05) is 19.9 Å². The van der Waals surface area contributed by atoms with Gasteiger partial charge in [0.05, 0.1) is 36.8 Å². The summed E-state index contributed by atoms with van der Waals surface area (Å²) in [5.41, 5.74) is 2.91. The van der Waals surface area contributed by atoms with Crippen LogP contribution in [0.15, 0.2) is 48.8 Å². The van der Waals surface area contributed by atoms with E-state index in [-0.39, 0.29) is 38.3 Å². The Morgan fingerprint density at radius 2 is 2.00 bits per heavy atom. The number of benzene rings is 1. The Morgan fingerprint density at radius 3 is 2.75 bits per heavy atom. The number of nitrogens with one attached hydrogen (secondary N) is 3. The first-order valence-corrected chi connectivity index (χ1v) is 11.6. The minimum Gasteiger partial charge on any atom is -0.394 e.